The second-order valence-electron chi connectivity index (χ2n) is 4.99. The summed E-state index contributed by atoms with van der Waals surface area (Å²) in [5.74, 6) is 0.122. The zero-order valence-corrected chi connectivity index (χ0v) is 12.3. The van der Waals surface area contributed by atoms with Gasteiger partial charge in [-0.3, -0.25) is 9.48 Å². The van der Waals surface area contributed by atoms with E-state index < -0.39 is 0 Å². The number of nitrogens with zero attached hydrogens (tertiary/aromatic N) is 4. The number of carbonyl (C=O) groups excluding carboxylic acids is 1. The molecule has 2 aromatic rings. The van der Waals surface area contributed by atoms with Gasteiger partial charge in [-0.2, -0.15) is 5.10 Å². The van der Waals surface area contributed by atoms with Crippen molar-refractivity contribution >= 4 is 17.2 Å². The average Bonchev–Trinajstić information content (AvgIpc) is 3.20. The fraction of sp³-hybridized carbons (Fsp3) is 0.500. The predicted molar refractivity (Wildman–Crippen MR) is 77.8 cm³/mol. The molecular weight excluding hydrogens is 272 g/mol. The van der Waals surface area contributed by atoms with Crippen molar-refractivity contribution in [3.63, 3.8) is 0 Å². The maximum Gasteiger partial charge on any atom is 0.265 e. The Balaban J connectivity index is 1.72. The van der Waals surface area contributed by atoms with E-state index in [2.05, 4.69) is 17.0 Å². The molecule has 3 rings (SSSR count). The molecule has 1 amide bonds. The fourth-order valence-corrected chi connectivity index (χ4v) is 3.44. The van der Waals surface area contributed by atoms with Gasteiger partial charge in [0, 0.05) is 18.9 Å². The lowest BCUT2D eigenvalue weighted by Gasteiger charge is -2.24. The van der Waals surface area contributed by atoms with Crippen LogP contribution in [0.3, 0.4) is 0 Å². The van der Waals surface area contributed by atoms with Gasteiger partial charge >= 0.3 is 0 Å². The van der Waals surface area contributed by atoms with E-state index in [1.165, 1.54) is 11.3 Å². The van der Waals surface area contributed by atoms with Gasteiger partial charge in [0.05, 0.1) is 23.8 Å². The predicted octanol–water partition coefficient (Wildman–Crippen LogP) is 2.21. The minimum atomic E-state index is 0.122. The lowest BCUT2D eigenvalue weighted by Crippen LogP contribution is -2.37. The normalized spacial score (nSPS) is 18.6. The third-order valence-electron chi connectivity index (χ3n) is 3.66. The van der Waals surface area contributed by atoms with Crippen LogP contribution in [0.1, 0.15) is 34.4 Å². The van der Waals surface area contributed by atoms with Crippen molar-refractivity contribution in [2.24, 2.45) is 0 Å². The summed E-state index contributed by atoms with van der Waals surface area (Å²) in [6, 6.07) is 2.16. The molecule has 1 fully saturated rings. The Morgan fingerprint density at radius 2 is 2.45 bits per heavy atom. The van der Waals surface area contributed by atoms with E-state index in [0.29, 0.717) is 0 Å². The van der Waals surface area contributed by atoms with E-state index in [4.69, 9.17) is 0 Å². The Kier molecular flexibility index (Phi) is 3.82. The summed E-state index contributed by atoms with van der Waals surface area (Å²) in [6.07, 6.45) is 8.44. The maximum atomic E-state index is 12.6. The van der Waals surface area contributed by atoms with Gasteiger partial charge in [0.2, 0.25) is 0 Å². The number of rotatable bonds is 4. The van der Waals surface area contributed by atoms with Crippen molar-refractivity contribution in [2.75, 3.05) is 6.54 Å². The van der Waals surface area contributed by atoms with Crippen LogP contribution in [0, 0.1) is 0 Å². The van der Waals surface area contributed by atoms with E-state index >= 15 is 0 Å². The molecule has 0 spiro atoms. The minimum Gasteiger partial charge on any atom is -0.333 e. The molecule has 2 aromatic heterocycles. The summed E-state index contributed by atoms with van der Waals surface area (Å²) in [5.41, 5.74) is 0. The molecule has 1 unspecified atom stereocenters. The van der Waals surface area contributed by atoms with Crippen molar-refractivity contribution in [2.45, 2.75) is 38.8 Å². The van der Waals surface area contributed by atoms with Crippen LogP contribution in [-0.2, 0) is 13.0 Å². The van der Waals surface area contributed by atoms with Gasteiger partial charge in [0.1, 0.15) is 4.88 Å². The first kappa shape index (κ1) is 13.3. The summed E-state index contributed by atoms with van der Waals surface area (Å²) < 4.78 is 1.90. The van der Waals surface area contributed by atoms with Crippen LogP contribution in [0.2, 0.25) is 0 Å². The van der Waals surface area contributed by atoms with E-state index in [1.807, 2.05) is 21.8 Å². The molecule has 20 heavy (non-hydrogen) atoms. The van der Waals surface area contributed by atoms with Crippen LogP contribution in [-0.4, -0.2) is 38.2 Å². The van der Waals surface area contributed by atoms with Crippen molar-refractivity contribution < 1.29 is 4.79 Å². The number of amides is 1. The van der Waals surface area contributed by atoms with Crippen LogP contribution in [0.5, 0.6) is 0 Å². The Labute approximate surface area is 122 Å². The highest BCUT2D eigenvalue weighted by atomic mass is 32.1. The third-order valence-corrected chi connectivity index (χ3v) is 4.79. The molecule has 6 heteroatoms. The van der Waals surface area contributed by atoms with Crippen molar-refractivity contribution in [1.82, 2.24) is 19.7 Å². The smallest absolute Gasteiger partial charge is 0.265 e. The lowest BCUT2D eigenvalue weighted by molar-refractivity contribution is 0.0726. The molecule has 3 heterocycles. The standard InChI is InChI=1S/C14H18N4OS/c1-2-13-15-9-12(20-13)14(19)18-8-3-5-11(18)10-17-7-4-6-16-17/h4,6-7,9,11H,2-3,5,8,10H2,1H3. The number of aromatic nitrogens is 3. The molecule has 1 aliphatic heterocycles. The molecule has 0 saturated carbocycles. The van der Waals surface area contributed by atoms with Gasteiger partial charge in [-0.05, 0) is 25.3 Å². The Bertz CT molecular complexity index is 578. The Morgan fingerprint density at radius 3 is 3.15 bits per heavy atom. The topological polar surface area (TPSA) is 51.0 Å². The molecule has 1 aliphatic rings. The number of carbonyl (C=O) groups is 1. The highest BCUT2D eigenvalue weighted by molar-refractivity contribution is 7.13. The largest absolute Gasteiger partial charge is 0.333 e. The van der Waals surface area contributed by atoms with Crippen molar-refractivity contribution in [1.29, 1.82) is 0 Å². The molecule has 0 aromatic carbocycles. The van der Waals surface area contributed by atoms with Gasteiger partial charge in [-0.1, -0.05) is 6.92 Å². The summed E-state index contributed by atoms with van der Waals surface area (Å²) in [6.45, 7) is 3.67. The number of likely N-dealkylation sites (tertiary alicyclic amines) is 1. The second kappa shape index (κ2) is 5.75. The van der Waals surface area contributed by atoms with Crippen LogP contribution in [0.4, 0.5) is 0 Å². The molecular formula is C14H18N4OS. The zero-order chi connectivity index (χ0) is 13.9. The number of hydrogen-bond donors (Lipinski definition) is 0. The van der Waals surface area contributed by atoms with Gasteiger partial charge in [-0.25, -0.2) is 4.98 Å². The molecule has 1 atom stereocenters. The molecule has 5 nitrogen and oxygen atoms in total. The first-order valence-corrected chi connectivity index (χ1v) is 7.82. The summed E-state index contributed by atoms with van der Waals surface area (Å²) in [4.78, 5) is 19.6. The minimum absolute atomic E-state index is 0.122. The number of hydrogen-bond acceptors (Lipinski definition) is 4. The van der Waals surface area contributed by atoms with Crippen LogP contribution >= 0.6 is 11.3 Å². The maximum absolute atomic E-state index is 12.6. The molecule has 106 valence electrons. The van der Waals surface area contributed by atoms with E-state index in [-0.39, 0.29) is 11.9 Å². The molecule has 1 saturated heterocycles. The van der Waals surface area contributed by atoms with Crippen LogP contribution in [0.15, 0.2) is 24.7 Å². The molecule has 0 radical (unpaired) electrons. The van der Waals surface area contributed by atoms with Gasteiger partial charge in [0.25, 0.3) is 5.91 Å². The average molecular weight is 290 g/mol. The summed E-state index contributed by atoms with van der Waals surface area (Å²) >= 11 is 1.51. The third kappa shape index (κ3) is 2.60. The SMILES string of the molecule is CCc1ncc(C(=O)N2CCCC2Cn2cccn2)s1. The number of thiazole rings is 1. The zero-order valence-electron chi connectivity index (χ0n) is 11.5. The highest BCUT2D eigenvalue weighted by Crippen LogP contribution is 2.24. The Morgan fingerprint density at radius 1 is 1.55 bits per heavy atom. The van der Waals surface area contributed by atoms with Crippen molar-refractivity contribution in [3.05, 3.63) is 34.5 Å². The van der Waals surface area contributed by atoms with E-state index in [9.17, 15) is 4.79 Å². The van der Waals surface area contributed by atoms with Gasteiger partial charge in [0.15, 0.2) is 0 Å². The quantitative estimate of drug-likeness (QED) is 0.867. The summed E-state index contributed by atoms with van der Waals surface area (Å²) in [7, 11) is 0. The van der Waals surface area contributed by atoms with Gasteiger partial charge < -0.3 is 4.90 Å². The first-order valence-electron chi connectivity index (χ1n) is 7.01. The second-order valence-corrected chi connectivity index (χ2v) is 6.11. The first-order chi connectivity index (χ1) is 9.78. The molecule has 0 N–H and O–H groups in total. The van der Waals surface area contributed by atoms with E-state index in [0.717, 1.165) is 42.2 Å². The highest BCUT2D eigenvalue weighted by Gasteiger charge is 2.30. The van der Waals surface area contributed by atoms with Crippen molar-refractivity contribution in [3.8, 4) is 0 Å². The lowest BCUT2D eigenvalue weighted by atomic mass is 10.2. The fourth-order valence-electron chi connectivity index (χ4n) is 2.63. The summed E-state index contributed by atoms with van der Waals surface area (Å²) in [5, 5.41) is 5.26. The van der Waals surface area contributed by atoms with Crippen LogP contribution in [0.25, 0.3) is 0 Å². The monoisotopic (exact) mass is 290 g/mol. The van der Waals surface area contributed by atoms with Gasteiger partial charge in [-0.15, -0.1) is 11.3 Å². The Hall–Kier alpha value is -1.69. The van der Waals surface area contributed by atoms with E-state index in [1.54, 1.807) is 12.4 Å². The molecule has 0 bridgehead atoms. The number of aryl methyl sites for hydroxylation is 1. The van der Waals surface area contributed by atoms with Crippen LogP contribution < -0.4 is 0 Å². The molecule has 0 aliphatic carbocycles.